The first-order valence-electron chi connectivity index (χ1n) is 23.0. The summed E-state index contributed by atoms with van der Waals surface area (Å²) in [6, 6.07) is 18.4. The number of alkyl halides is 7. The molecule has 0 aliphatic carbocycles. The molecule has 1 unspecified atom stereocenters. The maximum absolute atomic E-state index is 13.5. The van der Waals surface area contributed by atoms with Crippen LogP contribution in [0.4, 0.5) is 68.7 Å². The van der Waals surface area contributed by atoms with E-state index in [1.165, 1.54) is 95.3 Å². The number of carbonyl (C=O) groups is 5. The number of hydrogen-bond acceptors (Lipinski definition) is 18. The number of amides is 4. The molecule has 4 aromatic carbocycles. The van der Waals surface area contributed by atoms with Gasteiger partial charge in [0.15, 0.2) is 15.0 Å². The van der Waals surface area contributed by atoms with E-state index in [1.807, 2.05) is 12.3 Å². The number of nitrogens with zero attached hydrogens (tertiary/aromatic N) is 1. The number of H-pyrrole nitrogens is 1. The molecule has 5 aromatic rings. The van der Waals surface area contributed by atoms with Crippen molar-refractivity contribution in [2.24, 2.45) is 11.3 Å². The number of rotatable bonds is 23. The molecule has 0 spiro atoms. The molecular weight excluding hydrogens is 1270 g/mol. The van der Waals surface area contributed by atoms with Crippen LogP contribution in [0.2, 0.25) is 0 Å². The van der Waals surface area contributed by atoms with E-state index >= 15 is 0 Å². The van der Waals surface area contributed by atoms with Crippen LogP contribution in [0, 0.1) is 29.1 Å². The number of thioether (sulfide) groups is 1. The van der Waals surface area contributed by atoms with Gasteiger partial charge in [-0.25, -0.2) is 34.4 Å². The van der Waals surface area contributed by atoms with Crippen molar-refractivity contribution in [3.63, 3.8) is 0 Å². The fraction of sp³-hybridized carbons (Fsp3) is 0.326. The van der Waals surface area contributed by atoms with Crippen LogP contribution < -0.4 is 71.3 Å². The first-order chi connectivity index (χ1) is 38.0. The zero-order valence-electron chi connectivity index (χ0n) is 44.8. The number of sulfonamides is 2. The fourth-order valence-corrected chi connectivity index (χ4v) is 11.0. The van der Waals surface area contributed by atoms with Crippen LogP contribution in [-0.2, 0) is 54.5 Å². The number of halogens is 8. The van der Waals surface area contributed by atoms with E-state index < -0.39 is 72.8 Å². The number of carboxylic acids is 1. The van der Waals surface area contributed by atoms with Crippen molar-refractivity contribution in [1.29, 1.82) is 0 Å². The maximum atomic E-state index is 13.5. The Morgan fingerprint density at radius 2 is 1.23 bits per heavy atom. The van der Waals surface area contributed by atoms with Gasteiger partial charge in [0, 0.05) is 29.2 Å². The minimum Gasteiger partial charge on any atom is -0.722 e. The molecule has 1 heterocycles. The molecule has 0 saturated heterocycles. The minimum absolute atomic E-state index is 0. The SMILES string of the molecule is Cc1cc(C)c(S(=O)(=O)Nc2ccc(NNC(=O)C(F)(F)C(F)(F)C(=O)O)cc2)cc1NC(=O)CC(C)CC(C)(C)C.O=C(CSc1n[nH]c(=S)s1)Nc1cccc(S(=O)(=O)Nc2ccc(NNC(=O)C(F)(F)CF)cc2)c1.O=S(=O)([O-])F.[Na+]. The number of benzene rings is 4. The number of hydrazine groups is 2. The zero-order chi connectivity index (χ0) is 63.1. The van der Waals surface area contributed by atoms with Crippen LogP contribution in [0.3, 0.4) is 0 Å². The van der Waals surface area contributed by atoms with Crippen molar-refractivity contribution in [2.75, 3.05) is 43.4 Å². The fourth-order valence-electron chi connectivity index (χ4n) is 6.67. The third-order valence-corrected chi connectivity index (χ3v) is 15.3. The number of aromatic amines is 1. The summed E-state index contributed by atoms with van der Waals surface area (Å²) in [4.78, 5) is 57.6. The van der Waals surface area contributed by atoms with E-state index in [0.717, 1.165) is 18.6 Å². The largest absolute Gasteiger partial charge is 1.00 e. The second-order valence-electron chi connectivity index (χ2n) is 18.5. The number of carbonyl (C=O) groups excluding carboxylic acids is 4. The number of nitrogens with one attached hydrogen (secondary N) is 9. The Bertz CT molecular complexity index is 3540. The second kappa shape index (κ2) is 30.8. The standard InChI is InChI=1S/C27H34F4N4O6S.C19H17F3N6O4S4.FHO3S.Na/c1-15(14-25(4,5)6)11-22(36)32-20-13-21(17(3)12-16(20)2)42(40,41)35-19-9-7-18(8-10-19)33-34-23(37)26(28,29)27(30,31)24(38)39;20-10-19(21,22)16(30)25-24-11-4-6-12(7-5-11)28-36(31,32)14-3-1-2-13(8-14)23-15(29)9-34-18-27-26-17(33)35-18;1-5(2,3)4;/h7-10,12-13,15,33,35H,11,14H2,1-6H3,(H,32,36)(H,34,37)(H,38,39);1-8,24,28H,9-10H2,(H,23,29)(H,25,30)(H,26,33);(H,2,3,4);/q;;;+1/p-1. The van der Waals surface area contributed by atoms with Gasteiger partial charge in [-0.15, -0.1) is 3.89 Å². The van der Waals surface area contributed by atoms with Gasteiger partial charge in [-0.3, -0.25) is 55.4 Å². The normalized spacial score (nSPS) is 12.2. The van der Waals surface area contributed by atoms with E-state index in [2.05, 4.69) is 56.5 Å². The Balaban J connectivity index is 0.000000529. The zero-order valence-corrected chi connectivity index (χ0v) is 51.7. The van der Waals surface area contributed by atoms with Crippen molar-refractivity contribution in [1.82, 2.24) is 21.0 Å². The van der Waals surface area contributed by atoms with E-state index in [0.29, 0.717) is 25.1 Å². The maximum Gasteiger partial charge on any atom is 1.00 e. The Morgan fingerprint density at radius 1 is 0.726 bits per heavy atom. The summed E-state index contributed by atoms with van der Waals surface area (Å²) in [5.74, 6) is -23.5. The smallest absolute Gasteiger partial charge is 0.722 e. The molecule has 84 heavy (non-hydrogen) atoms. The molecule has 0 radical (unpaired) electrons. The summed E-state index contributed by atoms with van der Waals surface area (Å²) < 4.78 is 184. The van der Waals surface area contributed by atoms with Crippen molar-refractivity contribution in [3.05, 3.63) is 100 Å². The van der Waals surface area contributed by atoms with Gasteiger partial charge in [-0.2, -0.15) is 31.4 Å². The van der Waals surface area contributed by atoms with Gasteiger partial charge in [-0.05, 0) is 128 Å². The first-order valence-corrected chi connectivity index (χ1v) is 29.5. The number of hydrogen-bond donors (Lipinski definition) is 10. The van der Waals surface area contributed by atoms with Crippen molar-refractivity contribution in [3.8, 4) is 0 Å². The van der Waals surface area contributed by atoms with Gasteiger partial charge in [0.2, 0.25) is 11.8 Å². The van der Waals surface area contributed by atoms with Crippen molar-refractivity contribution >= 4 is 130 Å². The minimum atomic E-state index is -5.65. The summed E-state index contributed by atoms with van der Waals surface area (Å²) >= 11 is 7.33. The van der Waals surface area contributed by atoms with Gasteiger partial charge < -0.3 is 20.3 Å². The summed E-state index contributed by atoms with van der Waals surface area (Å²) in [7, 11) is -13.6. The van der Waals surface area contributed by atoms with E-state index in [1.54, 1.807) is 25.3 Å². The number of aliphatic carboxylic acids is 1. The Morgan fingerprint density at radius 3 is 1.70 bits per heavy atom. The van der Waals surface area contributed by atoms with Gasteiger partial charge >= 0.3 is 65.1 Å². The summed E-state index contributed by atoms with van der Waals surface area (Å²) in [6.07, 6.45) is 1.08. The summed E-state index contributed by atoms with van der Waals surface area (Å²) in [5.41, 5.74) is 8.95. The summed E-state index contributed by atoms with van der Waals surface area (Å²) in [6.45, 7) is 9.36. The molecule has 5 rings (SSSR count). The van der Waals surface area contributed by atoms with Crippen molar-refractivity contribution < 1.29 is 123 Å². The van der Waals surface area contributed by atoms with Crippen LogP contribution in [0.25, 0.3) is 0 Å². The predicted octanol–water partition coefficient (Wildman–Crippen LogP) is 5.50. The molecule has 456 valence electrons. The number of aromatic nitrogens is 2. The third kappa shape index (κ3) is 24.1. The van der Waals surface area contributed by atoms with Gasteiger partial charge in [0.25, 0.3) is 30.6 Å². The molecule has 4 amide bonds. The quantitative estimate of drug-likeness (QED) is 0.00733. The molecule has 0 aliphatic heterocycles. The third-order valence-electron chi connectivity index (χ3n) is 10.1. The Hall–Kier alpha value is -6.19. The molecule has 0 saturated carbocycles. The van der Waals surface area contributed by atoms with E-state index in [9.17, 15) is 75.4 Å². The summed E-state index contributed by atoms with van der Waals surface area (Å²) in [5, 5.41) is 20.2. The molecule has 0 bridgehead atoms. The molecular formula is C46H51F8N10NaO13S6. The molecule has 1 atom stereocenters. The molecule has 1 aromatic heterocycles. The Kier molecular flexibility index (Phi) is 27.1. The van der Waals surface area contributed by atoms with Crippen LogP contribution in [-0.4, -0.2) is 105 Å². The monoisotopic (exact) mass is 1320 g/mol. The van der Waals surface area contributed by atoms with Gasteiger partial charge in [-0.1, -0.05) is 62.9 Å². The second-order valence-corrected chi connectivity index (χ2v) is 25.5. The number of anilines is 6. The van der Waals surface area contributed by atoms with Crippen LogP contribution >= 0.6 is 35.3 Å². The number of aryl methyl sites for hydroxylation is 2. The first kappa shape index (κ1) is 73.9. The topological polar surface area (TPSA) is 356 Å². The Labute approximate surface area is 511 Å². The van der Waals surface area contributed by atoms with Crippen LogP contribution in [0.5, 0.6) is 0 Å². The molecule has 23 nitrogen and oxygen atoms in total. The van der Waals surface area contributed by atoms with E-state index in [-0.39, 0.29) is 103 Å². The molecule has 0 fully saturated rings. The molecule has 0 aliphatic rings. The van der Waals surface area contributed by atoms with E-state index in [4.69, 9.17) is 30.3 Å². The van der Waals surface area contributed by atoms with Crippen LogP contribution in [0.15, 0.2) is 99.1 Å². The van der Waals surface area contributed by atoms with Crippen molar-refractivity contribution in [2.45, 2.75) is 86.3 Å². The van der Waals surface area contributed by atoms with Crippen LogP contribution in [0.1, 0.15) is 51.7 Å². The molecule has 10 N–H and O–H groups in total. The molecule has 38 heteroatoms. The van der Waals surface area contributed by atoms with Gasteiger partial charge in [0.05, 0.1) is 26.9 Å². The average molecular weight is 1320 g/mol. The van der Waals surface area contributed by atoms with Gasteiger partial charge in [0.1, 0.15) is 0 Å². The average Bonchev–Trinajstić information content (AvgIpc) is 2.07. The predicted molar refractivity (Wildman–Crippen MR) is 293 cm³/mol. The number of carboxylic acid groups (broad SMARTS) is 1.